The van der Waals surface area contributed by atoms with E-state index in [0.29, 0.717) is 12.0 Å². The fourth-order valence-corrected chi connectivity index (χ4v) is 3.52. The Hall–Kier alpha value is -2.73. The molecule has 0 spiro atoms. The van der Waals surface area contributed by atoms with Crippen LogP contribution in [0.5, 0.6) is 0 Å². The highest BCUT2D eigenvalue weighted by Crippen LogP contribution is 2.24. The zero-order valence-corrected chi connectivity index (χ0v) is 15.5. The number of likely N-dealkylation sites (N-methyl/N-ethyl adjacent to an activating group) is 1. The number of carbonyl (C=O) groups excluding carboxylic acids is 2. The Labute approximate surface area is 156 Å². The minimum atomic E-state index is -0.922. The van der Waals surface area contributed by atoms with Crippen molar-refractivity contribution in [3.05, 3.63) is 65.2 Å². The van der Waals surface area contributed by atoms with E-state index in [1.807, 2.05) is 42.5 Å². The van der Waals surface area contributed by atoms with Crippen molar-refractivity contribution in [2.45, 2.75) is 18.9 Å². The van der Waals surface area contributed by atoms with E-state index in [2.05, 4.69) is 4.98 Å². The largest absolute Gasteiger partial charge is 0.447 e. The first-order valence-electron chi connectivity index (χ1n) is 8.34. The summed E-state index contributed by atoms with van der Waals surface area (Å²) in [6.45, 7) is 0. The molecule has 3 aromatic rings. The zero-order chi connectivity index (χ0) is 18.5. The SMILES string of the molecule is CN(C)C(=O)[C@@H](OC(=O)CCc1nc2ccccc2s1)c1ccccc1. The number of hydrogen-bond donors (Lipinski definition) is 0. The number of ether oxygens (including phenoxy) is 1. The van der Waals surface area contributed by atoms with Gasteiger partial charge >= 0.3 is 5.97 Å². The molecular weight excluding hydrogens is 348 g/mol. The molecule has 1 heterocycles. The summed E-state index contributed by atoms with van der Waals surface area (Å²) in [5, 5.41) is 0.887. The van der Waals surface area contributed by atoms with E-state index in [-0.39, 0.29) is 12.3 Å². The predicted octanol–water partition coefficient (Wildman–Crippen LogP) is 3.60. The highest BCUT2D eigenvalue weighted by Gasteiger charge is 2.26. The van der Waals surface area contributed by atoms with Crippen molar-refractivity contribution >= 4 is 33.4 Å². The number of amides is 1. The molecule has 134 valence electrons. The number of aromatic nitrogens is 1. The Morgan fingerprint density at radius 1 is 1.08 bits per heavy atom. The first-order chi connectivity index (χ1) is 12.5. The molecule has 0 aliphatic carbocycles. The van der Waals surface area contributed by atoms with E-state index < -0.39 is 12.1 Å². The number of nitrogens with zero attached hydrogens (tertiary/aromatic N) is 2. The van der Waals surface area contributed by atoms with Gasteiger partial charge in [0.15, 0.2) is 0 Å². The third-order valence-electron chi connectivity index (χ3n) is 3.90. The van der Waals surface area contributed by atoms with Crippen molar-refractivity contribution in [3.63, 3.8) is 0 Å². The van der Waals surface area contributed by atoms with Crippen molar-refractivity contribution in [1.82, 2.24) is 9.88 Å². The lowest BCUT2D eigenvalue weighted by atomic mass is 10.1. The van der Waals surface area contributed by atoms with Crippen LogP contribution in [0, 0.1) is 0 Å². The summed E-state index contributed by atoms with van der Waals surface area (Å²) in [6, 6.07) is 16.9. The molecule has 0 aliphatic heterocycles. The highest BCUT2D eigenvalue weighted by molar-refractivity contribution is 7.18. The maximum Gasteiger partial charge on any atom is 0.307 e. The molecule has 5 nitrogen and oxygen atoms in total. The van der Waals surface area contributed by atoms with E-state index in [1.54, 1.807) is 37.6 Å². The molecular formula is C20H20N2O3S. The number of benzene rings is 2. The fraction of sp³-hybridized carbons (Fsp3) is 0.250. The molecule has 0 unspecified atom stereocenters. The normalized spacial score (nSPS) is 11.9. The number of aryl methyl sites for hydroxylation is 1. The van der Waals surface area contributed by atoms with Crippen LogP contribution >= 0.6 is 11.3 Å². The third-order valence-corrected chi connectivity index (χ3v) is 4.99. The number of fused-ring (bicyclic) bond motifs is 1. The van der Waals surface area contributed by atoms with Gasteiger partial charge in [0.2, 0.25) is 6.10 Å². The second-order valence-corrected chi connectivity index (χ2v) is 7.20. The van der Waals surface area contributed by atoms with Crippen molar-refractivity contribution in [3.8, 4) is 0 Å². The van der Waals surface area contributed by atoms with Crippen LogP contribution in [0.4, 0.5) is 0 Å². The van der Waals surface area contributed by atoms with Crippen LogP contribution in [0.25, 0.3) is 10.2 Å². The van der Waals surface area contributed by atoms with Crippen LogP contribution in [0.1, 0.15) is 23.1 Å². The van der Waals surface area contributed by atoms with Crippen LogP contribution in [-0.4, -0.2) is 35.9 Å². The summed E-state index contributed by atoms with van der Waals surface area (Å²) in [6.07, 6.45) is -0.242. The molecule has 0 saturated carbocycles. The second kappa shape index (κ2) is 8.10. The molecule has 1 atom stereocenters. The number of hydrogen-bond acceptors (Lipinski definition) is 5. The predicted molar refractivity (Wildman–Crippen MR) is 102 cm³/mol. The van der Waals surface area contributed by atoms with Gasteiger partial charge in [0, 0.05) is 26.1 Å². The molecule has 0 radical (unpaired) electrons. The molecule has 0 aliphatic rings. The van der Waals surface area contributed by atoms with E-state index in [4.69, 9.17) is 4.74 Å². The van der Waals surface area contributed by atoms with Gasteiger partial charge in [0.05, 0.1) is 21.6 Å². The quantitative estimate of drug-likeness (QED) is 0.624. The Morgan fingerprint density at radius 2 is 1.77 bits per heavy atom. The molecule has 0 bridgehead atoms. The Balaban J connectivity index is 1.66. The average molecular weight is 368 g/mol. The Kier molecular flexibility index (Phi) is 5.63. The number of para-hydroxylation sites is 1. The van der Waals surface area contributed by atoms with Crippen molar-refractivity contribution in [2.75, 3.05) is 14.1 Å². The lowest BCUT2D eigenvalue weighted by Crippen LogP contribution is -2.31. The summed E-state index contributed by atoms with van der Waals surface area (Å²) in [5.74, 6) is -0.669. The van der Waals surface area contributed by atoms with Crippen LogP contribution in [0.2, 0.25) is 0 Å². The van der Waals surface area contributed by atoms with Gasteiger partial charge in [-0.25, -0.2) is 4.98 Å². The molecule has 0 fully saturated rings. The van der Waals surface area contributed by atoms with Gasteiger partial charge in [-0.15, -0.1) is 11.3 Å². The fourth-order valence-electron chi connectivity index (χ4n) is 2.55. The number of carbonyl (C=O) groups is 2. The summed E-state index contributed by atoms with van der Waals surface area (Å²) >= 11 is 1.57. The van der Waals surface area contributed by atoms with Gasteiger partial charge in [0.1, 0.15) is 0 Å². The van der Waals surface area contributed by atoms with Crippen molar-refractivity contribution < 1.29 is 14.3 Å². The standard InChI is InChI=1S/C20H20N2O3S/c1-22(2)20(24)19(14-8-4-3-5-9-14)25-18(23)13-12-17-21-15-10-6-7-11-16(15)26-17/h3-11,19H,12-13H2,1-2H3/t19-/m0/s1. The van der Waals surface area contributed by atoms with Gasteiger partial charge in [0.25, 0.3) is 5.91 Å². The summed E-state index contributed by atoms with van der Waals surface area (Å²) in [5.41, 5.74) is 1.60. The topological polar surface area (TPSA) is 59.5 Å². The van der Waals surface area contributed by atoms with Crippen molar-refractivity contribution in [2.24, 2.45) is 0 Å². The minimum absolute atomic E-state index is 0.184. The molecule has 1 aromatic heterocycles. The summed E-state index contributed by atoms with van der Waals surface area (Å²) in [7, 11) is 3.29. The van der Waals surface area contributed by atoms with Gasteiger partial charge in [-0.05, 0) is 12.1 Å². The van der Waals surface area contributed by atoms with E-state index >= 15 is 0 Å². The van der Waals surface area contributed by atoms with E-state index in [9.17, 15) is 9.59 Å². The lowest BCUT2D eigenvalue weighted by Gasteiger charge is -2.21. The first kappa shape index (κ1) is 18.1. The first-order valence-corrected chi connectivity index (χ1v) is 9.16. The number of esters is 1. The van der Waals surface area contributed by atoms with Gasteiger partial charge in [-0.1, -0.05) is 42.5 Å². The Bertz CT molecular complexity index is 873. The van der Waals surface area contributed by atoms with Crippen LogP contribution < -0.4 is 0 Å². The minimum Gasteiger partial charge on any atom is -0.447 e. The maximum atomic E-state index is 12.4. The van der Waals surface area contributed by atoms with E-state index in [0.717, 1.165) is 15.2 Å². The third kappa shape index (κ3) is 4.26. The highest BCUT2D eigenvalue weighted by atomic mass is 32.1. The van der Waals surface area contributed by atoms with E-state index in [1.165, 1.54) is 4.90 Å². The van der Waals surface area contributed by atoms with Crippen molar-refractivity contribution in [1.29, 1.82) is 0 Å². The van der Waals surface area contributed by atoms with Crippen LogP contribution in [0.3, 0.4) is 0 Å². The molecule has 3 rings (SSSR count). The lowest BCUT2D eigenvalue weighted by molar-refractivity contribution is -0.159. The summed E-state index contributed by atoms with van der Waals surface area (Å²) in [4.78, 5) is 30.7. The Morgan fingerprint density at radius 3 is 2.46 bits per heavy atom. The van der Waals surface area contributed by atoms with Crippen LogP contribution in [0.15, 0.2) is 54.6 Å². The van der Waals surface area contributed by atoms with Gasteiger partial charge < -0.3 is 9.64 Å². The second-order valence-electron chi connectivity index (χ2n) is 6.09. The molecule has 0 N–H and O–H groups in total. The molecule has 0 saturated heterocycles. The number of thiazole rings is 1. The van der Waals surface area contributed by atoms with Gasteiger partial charge in [-0.3, -0.25) is 9.59 Å². The zero-order valence-electron chi connectivity index (χ0n) is 14.7. The smallest absolute Gasteiger partial charge is 0.307 e. The average Bonchev–Trinajstić information content (AvgIpc) is 3.07. The van der Waals surface area contributed by atoms with Gasteiger partial charge in [-0.2, -0.15) is 0 Å². The molecule has 6 heteroatoms. The monoisotopic (exact) mass is 368 g/mol. The molecule has 1 amide bonds. The maximum absolute atomic E-state index is 12.4. The molecule has 2 aromatic carbocycles. The van der Waals surface area contributed by atoms with Crippen LogP contribution in [-0.2, 0) is 20.7 Å². The molecule has 26 heavy (non-hydrogen) atoms. The number of rotatable bonds is 6. The summed E-state index contributed by atoms with van der Waals surface area (Å²) < 4.78 is 6.60.